The summed E-state index contributed by atoms with van der Waals surface area (Å²) in [5.41, 5.74) is 7.79. The molecule has 2 unspecified atom stereocenters. The summed E-state index contributed by atoms with van der Waals surface area (Å²) in [6.45, 7) is 16.5. The fourth-order valence-electron chi connectivity index (χ4n) is 5.95. The van der Waals surface area contributed by atoms with E-state index in [2.05, 4.69) is 54.3 Å². The first kappa shape index (κ1) is 24.4. The molecular formula is C30H40FN3. The molecule has 1 N–H and O–H groups in total. The fraction of sp³-hybridized carbons (Fsp3) is 0.467. The van der Waals surface area contributed by atoms with Crippen LogP contribution in [0.4, 0.5) is 4.39 Å². The van der Waals surface area contributed by atoms with Crippen molar-refractivity contribution in [3.8, 4) is 0 Å². The second-order valence-electron chi connectivity index (χ2n) is 9.71. The predicted molar refractivity (Wildman–Crippen MR) is 140 cm³/mol. The highest BCUT2D eigenvalue weighted by molar-refractivity contribution is 5.47. The first-order valence-corrected chi connectivity index (χ1v) is 12.9. The minimum absolute atomic E-state index is 0.0952. The summed E-state index contributed by atoms with van der Waals surface area (Å²) in [5, 5.41) is 3.48. The van der Waals surface area contributed by atoms with E-state index in [-0.39, 0.29) is 5.82 Å². The molecule has 0 amide bonds. The van der Waals surface area contributed by atoms with E-state index in [9.17, 15) is 4.39 Å². The van der Waals surface area contributed by atoms with Crippen LogP contribution in [0, 0.1) is 5.82 Å². The van der Waals surface area contributed by atoms with Gasteiger partial charge in [-0.3, -0.25) is 0 Å². The average molecular weight is 462 g/mol. The lowest BCUT2D eigenvalue weighted by molar-refractivity contribution is 0.210. The molecule has 4 rings (SSSR count). The molecule has 182 valence electrons. The van der Waals surface area contributed by atoms with Crippen LogP contribution in [0.25, 0.3) is 0 Å². The first-order chi connectivity index (χ1) is 16.5. The van der Waals surface area contributed by atoms with E-state index in [1.165, 1.54) is 35.4 Å². The Morgan fingerprint density at radius 3 is 2.74 bits per heavy atom. The molecule has 0 radical (unpaired) electrons. The van der Waals surface area contributed by atoms with Crippen LogP contribution in [0.2, 0.25) is 0 Å². The van der Waals surface area contributed by atoms with Gasteiger partial charge < -0.3 is 15.1 Å². The second-order valence-corrected chi connectivity index (χ2v) is 9.71. The lowest BCUT2D eigenvalue weighted by Gasteiger charge is -2.40. The summed E-state index contributed by atoms with van der Waals surface area (Å²) in [5.74, 6) is -0.0952. The van der Waals surface area contributed by atoms with Gasteiger partial charge in [-0.25, -0.2) is 4.39 Å². The Labute approximate surface area is 205 Å². The molecule has 3 nitrogen and oxygen atoms in total. The normalized spacial score (nSPS) is 22.7. The van der Waals surface area contributed by atoms with E-state index in [1.54, 1.807) is 0 Å². The number of fused-ring (bicyclic) bond motifs is 1. The molecule has 2 saturated heterocycles. The van der Waals surface area contributed by atoms with Gasteiger partial charge in [-0.1, -0.05) is 57.4 Å². The predicted octanol–water partition coefficient (Wildman–Crippen LogP) is 6.96. The molecule has 3 aliphatic rings. The van der Waals surface area contributed by atoms with Crippen molar-refractivity contribution >= 4 is 0 Å². The van der Waals surface area contributed by atoms with Crippen molar-refractivity contribution in [2.45, 2.75) is 84.3 Å². The SMILES string of the molecule is C=CN1CCCC1C1CCC2=C(C(=C)NCc3cccc(CC)c3F)CC(/C=C/CC)=C(C)N21. The molecule has 34 heavy (non-hydrogen) atoms. The number of aryl methyl sites for hydroxylation is 1. The maximum Gasteiger partial charge on any atom is 0.131 e. The number of nitrogens with one attached hydrogen (secondary N) is 1. The third kappa shape index (κ3) is 4.60. The highest BCUT2D eigenvalue weighted by Crippen LogP contribution is 2.45. The lowest BCUT2D eigenvalue weighted by atomic mass is 9.93. The summed E-state index contributed by atoms with van der Waals surface area (Å²) in [6.07, 6.45) is 13.8. The Hall–Kier alpha value is -2.75. The van der Waals surface area contributed by atoms with Gasteiger partial charge in [-0.2, -0.15) is 0 Å². The molecule has 0 bridgehead atoms. The topological polar surface area (TPSA) is 18.5 Å². The van der Waals surface area contributed by atoms with Crippen molar-refractivity contribution in [2.75, 3.05) is 6.54 Å². The molecule has 4 heteroatoms. The number of halogens is 1. The van der Waals surface area contributed by atoms with Crippen LogP contribution in [-0.2, 0) is 13.0 Å². The summed E-state index contributed by atoms with van der Waals surface area (Å²) >= 11 is 0. The van der Waals surface area contributed by atoms with Gasteiger partial charge in [0.1, 0.15) is 5.82 Å². The lowest BCUT2D eigenvalue weighted by Crippen LogP contribution is -2.44. The number of allylic oxidation sites excluding steroid dienone is 6. The number of likely N-dealkylation sites (tertiary alicyclic amines) is 1. The zero-order chi connectivity index (χ0) is 24.2. The van der Waals surface area contributed by atoms with Gasteiger partial charge in [0.2, 0.25) is 0 Å². The van der Waals surface area contributed by atoms with Crippen LogP contribution in [-0.4, -0.2) is 28.4 Å². The van der Waals surface area contributed by atoms with Crippen LogP contribution >= 0.6 is 0 Å². The van der Waals surface area contributed by atoms with Crippen LogP contribution in [0.3, 0.4) is 0 Å². The van der Waals surface area contributed by atoms with Gasteiger partial charge in [0.25, 0.3) is 0 Å². The second kappa shape index (κ2) is 10.7. The molecule has 0 aliphatic carbocycles. The van der Waals surface area contributed by atoms with E-state index in [1.807, 2.05) is 31.3 Å². The molecule has 0 spiro atoms. The third-order valence-corrected chi connectivity index (χ3v) is 7.81. The third-order valence-electron chi connectivity index (χ3n) is 7.81. The van der Waals surface area contributed by atoms with Crippen LogP contribution in [0.15, 0.2) is 77.9 Å². The monoisotopic (exact) mass is 461 g/mol. The molecule has 2 atom stereocenters. The van der Waals surface area contributed by atoms with Crippen molar-refractivity contribution in [2.24, 2.45) is 0 Å². The van der Waals surface area contributed by atoms with E-state index < -0.39 is 0 Å². The molecule has 0 aromatic heterocycles. The van der Waals surface area contributed by atoms with Crippen molar-refractivity contribution < 1.29 is 4.39 Å². The Bertz CT molecular complexity index is 1030. The van der Waals surface area contributed by atoms with E-state index in [0.717, 1.165) is 43.5 Å². The maximum atomic E-state index is 14.8. The highest BCUT2D eigenvalue weighted by Gasteiger charge is 2.42. The van der Waals surface area contributed by atoms with Crippen molar-refractivity contribution in [3.05, 3.63) is 94.9 Å². The summed E-state index contributed by atoms with van der Waals surface area (Å²) in [7, 11) is 0. The molecule has 0 saturated carbocycles. The first-order valence-electron chi connectivity index (χ1n) is 12.9. The Morgan fingerprint density at radius 1 is 1.21 bits per heavy atom. The van der Waals surface area contributed by atoms with Gasteiger partial charge in [0, 0.05) is 48.2 Å². The molecule has 3 heterocycles. The number of rotatable bonds is 9. The van der Waals surface area contributed by atoms with Crippen molar-refractivity contribution in [1.82, 2.24) is 15.1 Å². The summed E-state index contributed by atoms with van der Waals surface area (Å²) in [4.78, 5) is 5.04. The van der Waals surface area contributed by atoms with Gasteiger partial charge in [-0.05, 0) is 68.4 Å². The Morgan fingerprint density at radius 2 is 2.00 bits per heavy atom. The zero-order valence-corrected chi connectivity index (χ0v) is 21.2. The molecular weight excluding hydrogens is 421 g/mol. The quantitative estimate of drug-likeness (QED) is 0.429. The van der Waals surface area contributed by atoms with Gasteiger partial charge in [0.15, 0.2) is 0 Å². The van der Waals surface area contributed by atoms with Crippen LogP contribution < -0.4 is 5.32 Å². The Kier molecular flexibility index (Phi) is 7.65. The van der Waals surface area contributed by atoms with Crippen molar-refractivity contribution in [3.63, 3.8) is 0 Å². The molecule has 1 aromatic carbocycles. The summed E-state index contributed by atoms with van der Waals surface area (Å²) in [6, 6.07) is 6.65. The smallest absolute Gasteiger partial charge is 0.131 e. The van der Waals surface area contributed by atoms with Gasteiger partial charge >= 0.3 is 0 Å². The van der Waals surface area contributed by atoms with E-state index in [0.29, 0.717) is 30.6 Å². The van der Waals surface area contributed by atoms with Crippen molar-refractivity contribution in [1.29, 1.82) is 0 Å². The minimum atomic E-state index is -0.0952. The maximum absolute atomic E-state index is 14.8. The van der Waals surface area contributed by atoms with Gasteiger partial charge in [0.05, 0.1) is 6.04 Å². The van der Waals surface area contributed by atoms with E-state index >= 15 is 0 Å². The fourth-order valence-corrected chi connectivity index (χ4v) is 5.95. The molecule has 2 fully saturated rings. The van der Waals surface area contributed by atoms with E-state index in [4.69, 9.17) is 0 Å². The minimum Gasteiger partial charge on any atom is -0.381 e. The number of hydrogen-bond donors (Lipinski definition) is 1. The van der Waals surface area contributed by atoms with Crippen LogP contribution in [0.5, 0.6) is 0 Å². The molecule has 1 aromatic rings. The Balaban J connectivity index is 1.61. The summed E-state index contributed by atoms with van der Waals surface area (Å²) < 4.78 is 14.8. The van der Waals surface area contributed by atoms with Gasteiger partial charge in [-0.15, -0.1) is 0 Å². The average Bonchev–Trinajstić information content (AvgIpc) is 3.50. The number of benzene rings is 1. The van der Waals surface area contributed by atoms with Crippen LogP contribution in [0.1, 0.15) is 70.4 Å². The standard InChI is InChI=1S/C30H40FN3/c1-6-9-12-24-19-26(21(4)32-20-25-14-10-13-23(7-2)30(25)31)27-16-17-29(34(27)22(24)5)28-15-11-18-33(28)8-3/h8-10,12-14,28-29,32H,3-4,6-7,11,15-20H2,1-2,5H3/b12-9+. The highest BCUT2D eigenvalue weighted by atomic mass is 19.1. The number of hydrogen-bond acceptors (Lipinski definition) is 3. The largest absolute Gasteiger partial charge is 0.381 e. The molecule has 3 aliphatic heterocycles. The zero-order valence-electron chi connectivity index (χ0n) is 21.2. The number of nitrogens with zero attached hydrogens (tertiary/aromatic N) is 2.